The highest BCUT2D eigenvalue weighted by molar-refractivity contribution is 7.89. The smallest absolute Gasteiger partial charge is 0.243 e. The Bertz CT molecular complexity index is 605. The van der Waals surface area contributed by atoms with Gasteiger partial charge in [0, 0.05) is 33.7 Å². The molecule has 1 aliphatic heterocycles. The molecule has 7 heteroatoms. The van der Waals surface area contributed by atoms with Crippen LogP contribution in [0.15, 0.2) is 34.2 Å². The average molecular weight is 324 g/mol. The minimum absolute atomic E-state index is 0.371. The van der Waals surface area contributed by atoms with Crippen LogP contribution in [0.25, 0.3) is 0 Å². The van der Waals surface area contributed by atoms with Crippen molar-refractivity contribution in [2.24, 2.45) is 4.99 Å². The molecule has 0 atom stereocenters. The number of benzene rings is 1. The summed E-state index contributed by atoms with van der Waals surface area (Å²) in [6, 6.07) is 7.05. The van der Waals surface area contributed by atoms with Crippen molar-refractivity contribution in [3.8, 4) is 0 Å². The number of aliphatic imine (C=N–C) groups is 1. The summed E-state index contributed by atoms with van der Waals surface area (Å²) in [6.07, 6.45) is 3.01. The second kappa shape index (κ2) is 7.60. The Hall–Kier alpha value is -1.60. The molecule has 0 aromatic heterocycles. The maximum Gasteiger partial charge on any atom is 0.243 e. The third kappa shape index (κ3) is 3.98. The Balaban J connectivity index is 2.04. The first kappa shape index (κ1) is 16.8. The third-order valence-electron chi connectivity index (χ3n) is 3.80. The molecule has 1 saturated heterocycles. The summed E-state index contributed by atoms with van der Waals surface area (Å²) in [7, 11) is 0.154. The minimum Gasteiger partial charge on any atom is -0.359 e. The molecule has 0 amide bonds. The fourth-order valence-corrected chi connectivity index (χ4v) is 4.02. The minimum atomic E-state index is -3.34. The van der Waals surface area contributed by atoms with Crippen molar-refractivity contribution < 1.29 is 8.42 Å². The molecule has 22 heavy (non-hydrogen) atoms. The van der Waals surface area contributed by atoms with E-state index in [1.165, 1.54) is 0 Å². The van der Waals surface area contributed by atoms with Crippen LogP contribution in [0.2, 0.25) is 0 Å². The Labute approximate surface area is 132 Å². The SMILES string of the molecule is CN=C(NC)NCc1ccc(S(=O)(=O)N2CCCCC2)cc1. The lowest BCUT2D eigenvalue weighted by Crippen LogP contribution is -2.35. The summed E-state index contributed by atoms with van der Waals surface area (Å²) >= 11 is 0. The van der Waals surface area contributed by atoms with E-state index in [-0.39, 0.29) is 0 Å². The number of sulfonamides is 1. The molecule has 1 aliphatic rings. The molecule has 0 bridgehead atoms. The van der Waals surface area contributed by atoms with Crippen molar-refractivity contribution in [1.82, 2.24) is 14.9 Å². The van der Waals surface area contributed by atoms with Gasteiger partial charge in [0.25, 0.3) is 0 Å². The lowest BCUT2D eigenvalue weighted by Gasteiger charge is -2.25. The van der Waals surface area contributed by atoms with Crippen LogP contribution in [0, 0.1) is 0 Å². The summed E-state index contributed by atoms with van der Waals surface area (Å²) in [5.74, 6) is 0.699. The first-order valence-corrected chi connectivity index (χ1v) is 8.99. The highest BCUT2D eigenvalue weighted by atomic mass is 32.2. The van der Waals surface area contributed by atoms with Gasteiger partial charge in [0.05, 0.1) is 4.90 Å². The molecule has 6 nitrogen and oxygen atoms in total. The zero-order valence-electron chi connectivity index (χ0n) is 13.2. The zero-order chi connectivity index (χ0) is 16.0. The molecule has 2 N–H and O–H groups in total. The molecular weight excluding hydrogens is 300 g/mol. The standard InChI is InChI=1S/C15H24N4O2S/c1-16-15(17-2)18-12-13-6-8-14(9-7-13)22(20,21)19-10-4-3-5-11-19/h6-9H,3-5,10-12H2,1-2H3,(H2,16,17,18). The normalized spacial score (nSPS) is 17.3. The summed E-state index contributed by atoms with van der Waals surface area (Å²) < 4.78 is 26.7. The Kier molecular flexibility index (Phi) is 5.79. The van der Waals surface area contributed by atoms with Crippen molar-refractivity contribution in [2.45, 2.75) is 30.7 Å². The fraction of sp³-hybridized carbons (Fsp3) is 0.533. The topological polar surface area (TPSA) is 73.8 Å². The van der Waals surface area contributed by atoms with Crippen LogP contribution in [-0.4, -0.2) is 45.9 Å². The van der Waals surface area contributed by atoms with Gasteiger partial charge in [0.2, 0.25) is 10.0 Å². The van der Waals surface area contributed by atoms with Crippen molar-refractivity contribution in [3.05, 3.63) is 29.8 Å². The van der Waals surface area contributed by atoms with Crippen LogP contribution < -0.4 is 10.6 Å². The number of nitrogens with zero attached hydrogens (tertiary/aromatic N) is 2. The first-order valence-electron chi connectivity index (χ1n) is 7.55. The first-order chi connectivity index (χ1) is 10.6. The Morgan fingerprint density at radius 1 is 1.18 bits per heavy atom. The largest absolute Gasteiger partial charge is 0.359 e. The molecule has 0 radical (unpaired) electrons. The molecule has 1 heterocycles. The van der Waals surface area contributed by atoms with Gasteiger partial charge < -0.3 is 10.6 Å². The maximum absolute atomic E-state index is 12.5. The van der Waals surface area contributed by atoms with Gasteiger partial charge in [-0.25, -0.2) is 8.42 Å². The van der Waals surface area contributed by atoms with Crippen LogP contribution >= 0.6 is 0 Å². The molecular formula is C15H24N4O2S. The Morgan fingerprint density at radius 2 is 1.82 bits per heavy atom. The van der Waals surface area contributed by atoms with Gasteiger partial charge in [-0.15, -0.1) is 0 Å². The highest BCUT2D eigenvalue weighted by Crippen LogP contribution is 2.20. The van der Waals surface area contributed by atoms with Crippen LogP contribution in [-0.2, 0) is 16.6 Å². The quantitative estimate of drug-likeness (QED) is 0.644. The van der Waals surface area contributed by atoms with E-state index in [1.807, 2.05) is 12.1 Å². The van der Waals surface area contributed by atoms with E-state index in [0.717, 1.165) is 24.8 Å². The van der Waals surface area contributed by atoms with Gasteiger partial charge >= 0.3 is 0 Å². The summed E-state index contributed by atoms with van der Waals surface area (Å²) in [5.41, 5.74) is 1.01. The van der Waals surface area contributed by atoms with E-state index in [4.69, 9.17) is 0 Å². The lowest BCUT2D eigenvalue weighted by atomic mass is 10.2. The van der Waals surface area contributed by atoms with Crippen molar-refractivity contribution >= 4 is 16.0 Å². The fourth-order valence-electron chi connectivity index (χ4n) is 2.50. The zero-order valence-corrected chi connectivity index (χ0v) is 14.0. The van der Waals surface area contributed by atoms with Gasteiger partial charge in [0.15, 0.2) is 5.96 Å². The molecule has 122 valence electrons. The highest BCUT2D eigenvalue weighted by Gasteiger charge is 2.25. The van der Waals surface area contributed by atoms with Crippen LogP contribution in [0.5, 0.6) is 0 Å². The van der Waals surface area contributed by atoms with E-state index in [9.17, 15) is 8.42 Å². The molecule has 1 fully saturated rings. The third-order valence-corrected chi connectivity index (χ3v) is 5.71. The second-order valence-electron chi connectivity index (χ2n) is 5.28. The maximum atomic E-state index is 12.5. The lowest BCUT2D eigenvalue weighted by molar-refractivity contribution is 0.346. The van der Waals surface area contributed by atoms with Crippen LogP contribution in [0.4, 0.5) is 0 Å². The number of hydrogen-bond donors (Lipinski definition) is 2. The van der Waals surface area contributed by atoms with Crippen molar-refractivity contribution in [2.75, 3.05) is 27.2 Å². The molecule has 0 saturated carbocycles. The van der Waals surface area contributed by atoms with E-state index in [0.29, 0.717) is 30.5 Å². The van der Waals surface area contributed by atoms with Gasteiger partial charge in [0.1, 0.15) is 0 Å². The van der Waals surface area contributed by atoms with Crippen molar-refractivity contribution in [1.29, 1.82) is 0 Å². The average Bonchev–Trinajstić information content (AvgIpc) is 2.57. The number of nitrogens with one attached hydrogen (secondary N) is 2. The predicted molar refractivity (Wildman–Crippen MR) is 88.3 cm³/mol. The van der Waals surface area contributed by atoms with E-state index < -0.39 is 10.0 Å². The van der Waals surface area contributed by atoms with E-state index in [2.05, 4.69) is 15.6 Å². The second-order valence-corrected chi connectivity index (χ2v) is 7.22. The Morgan fingerprint density at radius 3 is 2.36 bits per heavy atom. The summed E-state index contributed by atoms with van der Waals surface area (Å²) in [6.45, 7) is 1.85. The molecule has 2 rings (SSSR count). The summed E-state index contributed by atoms with van der Waals surface area (Å²) in [4.78, 5) is 4.40. The summed E-state index contributed by atoms with van der Waals surface area (Å²) in [5, 5.41) is 6.07. The number of guanidine groups is 1. The van der Waals surface area contributed by atoms with E-state index >= 15 is 0 Å². The molecule has 0 spiro atoms. The molecule has 1 aromatic rings. The van der Waals surface area contributed by atoms with Gasteiger partial charge in [-0.05, 0) is 30.5 Å². The number of rotatable bonds is 4. The molecule has 1 aromatic carbocycles. The van der Waals surface area contributed by atoms with Gasteiger partial charge in [-0.2, -0.15) is 4.31 Å². The van der Waals surface area contributed by atoms with Crippen molar-refractivity contribution in [3.63, 3.8) is 0 Å². The van der Waals surface area contributed by atoms with Gasteiger partial charge in [-0.3, -0.25) is 4.99 Å². The van der Waals surface area contributed by atoms with E-state index in [1.54, 1.807) is 30.5 Å². The number of hydrogen-bond acceptors (Lipinski definition) is 3. The van der Waals surface area contributed by atoms with Gasteiger partial charge in [-0.1, -0.05) is 18.6 Å². The van der Waals surface area contributed by atoms with Crippen LogP contribution in [0.3, 0.4) is 0 Å². The predicted octanol–water partition coefficient (Wildman–Crippen LogP) is 1.16. The monoisotopic (exact) mass is 324 g/mol. The van der Waals surface area contributed by atoms with Crippen LogP contribution in [0.1, 0.15) is 24.8 Å². The molecule has 0 unspecified atom stereocenters. The number of piperidine rings is 1. The molecule has 0 aliphatic carbocycles.